The van der Waals surface area contributed by atoms with Crippen molar-refractivity contribution in [2.45, 2.75) is 13.1 Å². The van der Waals surface area contributed by atoms with Crippen molar-refractivity contribution in [2.75, 3.05) is 18.6 Å². The van der Waals surface area contributed by atoms with Gasteiger partial charge in [-0.1, -0.05) is 17.7 Å². The average molecular weight is 506 g/mol. The van der Waals surface area contributed by atoms with Crippen LogP contribution in [0.5, 0.6) is 0 Å². The van der Waals surface area contributed by atoms with E-state index < -0.39 is 29.6 Å². The molecule has 0 N–H and O–H groups in total. The van der Waals surface area contributed by atoms with Gasteiger partial charge in [-0.15, -0.1) is 0 Å². The highest BCUT2D eigenvalue weighted by Crippen LogP contribution is 2.35. The molecule has 0 radical (unpaired) electrons. The number of alkyl halides is 3. The Morgan fingerprint density at radius 1 is 1.17 bits per heavy atom. The van der Waals surface area contributed by atoms with E-state index >= 15 is 0 Å². The first-order valence-electron chi connectivity index (χ1n) is 10.0. The first-order chi connectivity index (χ1) is 16.5. The molecule has 2 aromatic carbocycles. The monoisotopic (exact) mass is 505 g/mol. The second kappa shape index (κ2) is 10.1. The normalized spacial score (nSPS) is 11.0. The van der Waals surface area contributed by atoms with Crippen molar-refractivity contribution in [1.82, 2.24) is 4.98 Å². The van der Waals surface area contributed by atoms with E-state index in [-0.39, 0.29) is 45.1 Å². The van der Waals surface area contributed by atoms with Gasteiger partial charge < -0.3 is 9.64 Å². The SMILES string of the molecule is CCOC(=O)c1cccc(F)c1N(C)C(=O)c1ccc(Cl)c(-c2cnc(C(F)(F)F)cc2C#N)c1. The molecule has 1 amide bonds. The molecule has 0 spiro atoms. The van der Waals surface area contributed by atoms with Gasteiger partial charge in [-0.25, -0.2) is 9.18 Å². The Kier molecular flexibility index (Phi) is 7.41. The molecule has 1 aromatic heterocycles. The number of halogens is 5. The summed E-state index contributed by atoms with van der Waals surface area (Å²) in [4.78, 5) is 29.7. The lowest BCUT2D eigenvalue weighted by Crippen LogP contribution is -2.29. The maximum absolute atomic E-state index is 14.7. The van der Waals surface area contributed by atoms with Crippen LogP contribution in [0, 0.1) is 17.1 Å². The van der Waals surface area contributed by atoms with E-state index in [1.807, 2.05) is 0 Å². The van der Waals surface area contributed by atoms with Gasteiger partial charge in [0.05, 0.1) is 29.5 Å². The molecule has 180 valence electrons. The van der Waals surface area contributed by atoms with Crippen molar-refractivity contribution in [1.29, 1.82) is 5.26 Å². The lowest BCUT2D eigenvalue weighted by Gasteiger charge is -2.21. The van der Waals surface area contributed by atoms with Crippen molar-refractivity contribution < 1.29 is 31.9 Å². The zero-order valence-corrected chi connectivity index (χ0v) is 19.0. The fraction of sp³-hybridized carbons (Fsp3) is 0.167. The van der Waals surface area contributed by atoms with E-state index in [1.165, 1.54) is 37.4 Å². The van der Waals surface area contributed by atoms with E-state index in [0.717, 1.165) is 17.2 Å². The Morgan fingerprint density at radius 3 is 2.51 bits per heavy atom. The summed E-state index contributed by atoms with van der Waals surface area (Å²) in [6.07, 6.45) is -3.92. The highest BCUT2D eigenvalue weighted by molar-refractivity contribution is 6.33. The largest absolute Gasteiger partial charge is 0.462 e. The molecule has 0 atom stereocenters. The number of carbonyl (C=O) groups excluding carboxylic acids is 2. The van der Waals surface area contributed by atoms with E-state index in [1.54, 1.807) is 13.0 Å². The summed E-state index contributed by atoms with van der Waals surface area (Å²) in [6.45, 7) is 1.61. The van der Waals surface area contributed by atoms with E-state index in [2.05, 4.69) is 4.98 Å². The molecule has 3 aromatic rings. The molecule has 6 nitrogen and oxygen atoms in total. The fourth-order valence-electron chi connectivity index (χ4n) is 3.31. The van der Waals surface area contributed by atoms with Crippen LogP contribution in [0.1, 0.15) is 38.9 Å². The van der Waals surface area contributed by atoms with Gasteiger partial charge in [0.25, 0.3) is 5.91 Å². The summed E-state index contributed by atoms with van der Waals surface area (Å²) in [7, 11) is 1.25. The van der Waals surface area contributed by atoms with E-state index in [9.17, 15) is 32.4 Å². The highest BCUT2D eigenvalue weighted by Gasteiger charge is 2.33. The summed E-state index contributed by atoms with van der Waals surface area (Å²) >= 11 is 6.21. The molecular formula is C24H16ClF4N3O3. The predicted octanol–water partition coefficient (Wildman–Crippen LogP) is 5.88. The van der Waals surface area contributed by atoms with Crippen molar-refractivity contribution in [2.24, 2.45) is 0 Å². The smallest absolute Gasteiger partial charge is 0.433 e. The van der Waals surface area contributed by atoms with Crippen molar-refractivity contribution in [3.05, 3.63) is 81.9 Å². The lowest BCUT2D eigenvalue weighted by atomic mass is 9.99. The van der Waals surface area contributed by atoms with Gasteiger partial charge in [0, 0.05) is 35.0 Å². The van der Waals surface area contributed by atoms with Gasteiger partial charge in [0.2, 0.25) is 0 Å². The van der Waals surface area contributed by atoms with Gasteiger partial charge in [-0.2, -0.15) is 18.4 Å². The van der Waals surface area contributed by atoms with Gasteiger partial charge in [0.15, 0.2) is 0 Å². The van der Waals surface area contributed by atoms with Gasteiger partial charge in [-0.3, -0.25) is 9.78 Å². The molecule has 0 aliphatic heterocycles. The topological polar surface area (TPSA) is 83.3 Å². The van der Waals surface area contributed by atoms with Crippen LogP contribution >= 0.6 is 11.6 Å². The van der Waals surface area contributed by atoms with Gasteiger partial charge in [0.1, 0.15) is 11.5 Å². The molecule has 1 heterocycles. The number of ether oxygens (including phenoxy) is 1. The molecule has 0 aliphatic carbocycles. The number of pyridine rings is 1. The Morgan fingerprint density at radius 2 is 1.89 bits per heavy atom. The number of aromatic nitrogens is 1. The van der Waals surface area contributed by atoms with Crippen LogP contribution in [0.25, 0.3) is 11.1 Å². The third-order valence-electron chi connectivity index (χ3n) is 4.94. The molecule has 0 saturated carbocycles. The maximum Gasteiger partial charge on any atom is 0.433 e. The minimum atomic E-state index is -4.76. The Hall–Kier alpha value is -3.97. The molecule has 11 heteroatoms. The zero-order valence-electron chi connectivity index (χ0n) is 18.3. The number of esters is 1. The quantitative estimate of drug-likeness (QED) is 0.319. The zero-order chi connectivity index (χ0) is 25.9. The summed E-state index contributed by atoms with van der Waals surface area (Å²) < 4.78 is 58.6. The number of benzene rings is 2. The Balaban J connectivity index is 2.07. The second-order valence-electron chi connectivity index (χ2n) is 7.14. The number of carbonyl (C=O) groups is 2. The standard InChI is InChI=1S/C24H16ClF4N3O3/c1-3-35-23(34)15-5-4-6-19(26)21(15)32(2)22(33)13-7-8-18(25)16(9-13)17-12-31-20(24(27,28)29)10-14(17)11-30/h4-10,12H,3H2,1-2H3. The molecule has 3 rings (SSSR count). The van der Waals surface area contributed by atoms with Crippen molar-refractivity contribution in [3.8, 4) is 17.2 Å². The van der Waals surface area contributed by atoms with Crippen molar-refractivity contribution in [3.63, 3.8) is 0 Å². The number of hydrogen-bond donors (Lipinski definition) is 0. The van der Waals surface area contributed by atoms with Crippen LogP contribution in [0.2, 0.25) is 5.02 Å². The molecule has 0 aliphatic rings. The molecule has 0 fully saturated rings. The number of nitriles is 1. The summed E-state index contributed by atoms with van der Waals surface area (Å²) in [6, 6.07) is 9.81. The highest BCUT2D eigenvalue weighted by atomic mass is 35.5. The Labute approximate surface area is 202 Å². The minimum Gasteiger partial charge on any atom is -0.462 e. The molecule has 0 unspecified atom stereocenters. The third-order valence-corrected chi connectivity index (χ3v) is 5.27. The summed E-state index contributed by atoms with van der Waals surface area (Å²) in [5, 5.41) is 9.43. The molecular weight excluding hydrogens is 490 g/mol. The van der Waals surface area contributed by atoms with Crippen LogP contribution in [0.3, 0.4) is 0 Å². The number of amides is 1. The van der Waals surface area contributed by atoms with E-state index in [0.29, 0.717) is 6.07 Å². The van der Waals surface area contributed by atoms with Crippen LogP contribution in [-0.2, 0) is 10.9 Å². The van der Waals surface area contributed by atoms with Crippen LogP contribution in [-0.4, -0.2) is 30.5 Å². The second-order valence-corrected chi connectivity index (χ2v) is 7.55. The number of hydrogen-bond acceptors (Lipinski definition) is 5. The first kappa shape index (κ1) is 25.6. The van der Waals surface area contributed by atoms with Crippen LogP contribution in [0.4, 0.5) is 23.2 Å². The predicted molar refractivity (Wildman–Crippen MR) is 119 cm³/mol. The molecule has 35 heavy (non-hydrogen) atoms. The molecule has 0 bridgehead atoms. The summed E-state index contributed by atoms with van der Waals surface area (Å²) in [5.41, 5.74) is -2.09. The Bertz CT molecular complexity index is 1350. The summed E-state index contributed by atoms with van der Waals surface area (Å²) in [5.74, 6) is -2.43. The van der Waals surface area contributed by atoms with Crippen LogP contribution in [0.15, 0.2) is 48.7 Å². The van der Waals surface area contributed by atoms with Crippen molar-refractivity contribution >= 4 is 29.2 Å². The lowest BCUT2D eigenvalue weighted by molar-refractivity contribution is -0.141. The first-order valence-corrected chi connectivity index (χ1v) is 10.4. The van der Waals surface area contributed by atoms with E-state index in [4.69, 9.17) is 16.3 Å². The number of nitrogens with zero attached hydrogens (tertiary/aromatic N) is 3. The maximum atomic E-state index is 14.7. The molecule has 0 saturated heterocycles. The number of rotatable bonds is 5. The fourth-order valence-corrected chi connectivity index (χ4v) is 3.53. The van der Waals surface area contributed by atoms with Gasteiger partial charge >= 0.3 is 12.1 Å². The third kappa shape index (κ3) is 5.25. The van der Waals surface area contributed by atoms with Crippen LogP contribution < -0.4 is 4.90 Å². The number of anilines is 1. The number of para-hydroxylation sites is 1. The minimum absolute atomic E-state index is 0.0269. The van der Waals surface area contributed by atoms with Gasteiger partial charge in [-0.05, 0) is 43.3 Å². The average Bonchev–Trinajstić information content (AvgIpc) is 2.82.